The van der Waals surface area contributed by atoms with E-state index >= 15 is 0 Å². The normalized spacial score (nSPS) is 12.8. The van der Waals surface area contributed by atoms with Crippen molar-refractivity contribution in [3.05, 3.63) is 55.0 Å². The summed E-state index contributed by atoms with van der Waals surface area (Å²) in [7, 11) is 0. The Hall–Kier alpha value is -3.13. The van der Waals surface area contributed by atoms with Crippen LogP contribution in [0.3, 0.4) is 0 Å². The predicted molar refractivity (Wildman–Crippen MR) is 141 cm³/mol. The Morgan fingerprint density at radius 3 is 1.97 bits per heavy atom. The number of pyridine rings is 1. The fraction of sp³-hybridized carbons (Fsp3) is 0.407. The first-order valence-electron chi connectivity index (χ1n) is 11.9. The number of carboxylic acid groups (broad SMARTS) is 2. The van der Waals surface area contributed by atoms with Crippen molar-refractivity contribution in [3.63, 3.8) is 0 Å². The van der Waals surface area contributed by atoms with E-state index in [-0.39, 0.29) is 45.0 Å². The molecular weight excluding hydrogens is 620 g/mol. The Labute approximate surface area is 248 Å². The van der Waals surface area contributed by atoms with Crippen molar-refractivity contribution in [2.75, 3.05) is 13.1 Å². The van der Waals surface area contributed by atoms with Crippen LogP contribution in [0.25, 0.3) is 16.8 Å². The van der Waals surface area contributed by atoms with E-state index in [1.54, 1.807) is 11.1 Å². The maximum absolute atomic E-state index is 12.2. The molecule has 1 aromatic carbocycles. The van der Waals surface area contributed by atoms with Crippen molar-refractivity contribution in [2.24, 2.45) is 0 Å². The Balaban J connectivity index is 0.00000128. The van der Waals surface area contributed by atoms with Crippen LogP contribution in [0.15, 0.2) is 55.0 Å². The van der Waals surface area contributed by atoms with Gasteiger partial charge in [0.1, 0.15) is 23.1 Å². The first-order chi connectivity index (χ1) is 17.3. The number of carbonyl (C=O) groups is 3. The number of ether oxygens (including phenoxy) is 2. The van der Waals surface area contributed by atoms with Gasteiger partial charge in [-0.3, -0.25) is 0 Å². The summed E-state index contributed by atoms with van der Waals surface area (Å²) < 4.78 is 13.6. The number of piperidine rings is 1. The van der Waals surface area contributed by atoms with E-state index < -0.39 is 17.5 Å². The van der Waals surface area contributed by atoms with Gasteiger partial charge in [0.2, 0.25) is 0 Å². The number of carboxylic acids is 2. The van der Waals surface area contributed by atoms with Crippen LogP contribution < -0.4 is 14.9 Å². The van der Waals surface area contributed by atoms with E-state index in [0.29, 0.717) is 13.1 Å². The SMILES string of the molecule is CC(=O)[O-].CC(=O)[O-].CC(C)(C)OC(=O)N1CCC(Oc2ccc(-c3ccn4ccnc4c3)cc2)CC1.Cl.[Pd+2]. The maximum Gasteiger partial charge on any atom is 2.00 e. The van der Waals surface area contributed by atoms with Crippen LogP contribution >= 0.6 is 12.4 Å². The molecule has 1 saturated heterocycles. The molecule has 0 atom stereocenters. The van der Waals surface area contributed by atoms with E-state index in [1.165, 1.54) is 0 Å². The van der Waals surface area contributed by atoms with Gasteiger partial charge in [0.05, 0.1) is 0 Å². The second-order valence-corrected chi connectivity index (χ2v) is 9.40. The molecule has 10 nitrogen and oxygen atoms in total. The van der Waals surface area contributed by atoms with Crippen molar-refractivity contribution in [3.8, 4) is 16.9 Å². The quantitative estimate of drug-likeness (QED) is 0.394. The fourth-order valence-electron chi connectivity index (χ4n) is 3.49. The summed E-state index contributed by atoms with van der Waals surface area (Å²) >= 11 is 0. The molecule has 39 heavy (non-hydrogen) atoms. The molecule has 0 spiro atoms. The third kappa shape index (κ3) is 13.5. The molecule has 12 heteroatoms. The van der Waals surface area contributed by atoms with Crippen molar-refractivity contribution in [1.29, 1.82) is 0 Å². The number of hydrogen-bond acceptors (Lipinski definition) is 8. The number of rotatable bonds is 3. The third-order valence-electron chi connectivity index (χ3n) is 4.98. The molecule has 0 aliphatic carbocycles. The summed E-state index contributed by atoms with van der Waals surface area (Å²) in [5, 5.41) is 17.8. The molecule has 0 unspecified atom stereocenters. The van der Waals surface area contributed by atoms with Gasteiger partial charge < -0.3 is 38.6 Å². The number of imidazole rings is 1. The Morgan fingerprint density at radius 1 is 0.923 bits per heavy atom. The van der Waals surface area contributed by atoms with Gasteiger partial charge in [-0.2, -0.15) is 0 Å². The number of benzene rings is 1. The number of carbonyl (C=O) groups excluding carboxylic acids is 3. The first-order valence-corrected chi connectivity index (χ1v) is 11.9. The van der Waals surface area contributed by atoms with E-state index in [9.17, 15) is 4.79 Å². The molecule has 0 bridgehead atoms. The molecule has 216 valence electrons. The average molecular weight is 654 g/mol. The topological polar surface area (TPSA) is 136 Å². The largest absolute Gasteiger partial charge is 2.00 e. The smallest absolute Gasteiger partial charge is 0.550 e. The first kappa shape index (κ1) is 35.9. The standard InChI is InChI=1S/C23H27N3O3.2C2H4O2.ClH.Pd/c1-23(2,3)29-22(27)26-13-9-20(10-14-26)28-19-6-4-17(5-7-19)18-8-12-25-15-11-24-21(25)16-18;2*1-2(3)4;;/h4-8,11-12,15-16,20H,9-10,13-14H2,1-3H3;2*1H3,(H,3,4);1H;/q;;;;+2/p-2. The number of aromatic nitrogens is 2. The maximum atomic E-state index is 12.2. The van der Waals surface area contributed by atoms with Crippen molar-refractivity contribution in [1.82, 2.24) is 14.3 Å². The predicted octanol–water partition coefficient (Wildman–Crippen LogP) is 2.71. The van der Waals surface area contributed by atoms with E-state index in [1.807, 2.05) is 49.7 Å². The third-order valence-corrected chi connectivity index (χ3v) is 4.98. The second-order valence-electron chi connectivity index (χ2n) is 9.40. The van der Waals surface area contributed by atoms with E-state index in [4.69, 9.17) is 29.3 Å². The molecule has 0 saturated carbocycles. The van der Waals surface area contributed by atoms with Crippen LogP contribution in [0.4, 0.5) is 4.79 Å². The Morgan fingerprint density at radius 2 is 1.46 bits per heavy atom. The zero-order valence-electron chi connectivity index (χ0n) is 22.5. The molecule has 1 aliphatic heterocycles. The summed E-state index contributed by atoms with van der Waals surface area (Å²) in [4.78, 5) is 36.1. The number of amides is 1. The summed E-state index contributed by atoms with van der Waals surface area (Å²) in [5.41, 5.74) is 2.72. The van der Waals surface area contributed by atoms with Gasteiger partial charge in [-0.25, -0.2) is 9.78 Å². The molecule has 2 aromatic heterocycles. The summed E-state index contributed by atoms with van der Waals surface area (Å²) in [6, 6.07) is 12.3. The van der Waals surface area contributed by atoms with Crippen LogP contribution in [0, 0.1) is 0 Å². The minimum absolute atomic E-state index is 0. The Kier molecular flexibility index (Phi) is 15.4. The van der Waals surface area contributed by atoms with Gasteiger partial charge in [-0.1, -0.05) is 12.1 Å². The van der Waals surface area contributed by atoms with Gasteiger partial charge in [0.25, 0.3) is 0 Å². The molecule has 3 heterocycles. The van der Waals surface area contributed by atoms with E-state index in [2.05, 4.69) is 29.2 Å². The van der Waals surface area contributed by atoms with Crippen LogP contribution in [-0.2, 0) is 34.7 Å². The van der Waals surface area contributed by atoms with Gasteiger partial charge >= 0.3 is 26.5 Å². The number of halogens is 1. The van der Waals surface area contributed by atoms with Crippen molar-refractivity contribution in [2.45, 2.75) is 59.2 Å². The zero-order valence-corrected chi connectivity index (χ0v) is 24.9. The minimum Gasteiger partial charge on any atom is -0.550 e. The molecule has 0 radical (unpaired) electrons. The van der Waals surface area contributed by atoms with Gasteiger partial charge in [-0.05, 0) is 70.0 Å². The number of likely N-dealkylation sites (tertiary alicyclic amines) is 1. The van der Waals surface area contributed by atoms with Crippen LogP contribution in [0.1, 0.15) is 47.5 Å². The van der Waals surface area contributed by atoms with E-state index in [0.717, 1.165) is 49.2 Å². The van der Waals surface area contributed by atoms with Crippen LogP contribution in [0.5, 0.6) is 5.75 Å². The molecule has 1 amide bonds. The number of hydrogen-bond donors (Lipinski definition) is 0. The van der Waals surface area contributed by atoms with Gasteiger partial charge in [0, 0.05) is 56.5 Å². The number of nitrogens with zero attached hydrogens (tertiary/aromatic N) is 3. The van der Waals surface area contributed by atoms with Crippen molar-refractivity contribution < 1.29 is 54.5 Å². The van der Waals surface area contributed by atoms with Crippen LogP contribution in [-0.4, -0.2) is 57.1 Å². The van der Waals surface area contributed by atoms with Crippen LogP contribution in [0.2, 0.25) is 0 Å². The molecule has 1 aliphatic rings. The van der Waals surface area contributed by atoms with Crippen molar-refractivity contribution >= 4 is 36.1 Å². The number of fused-ring (bicyclic) bond motifs is 1. The molecule has 3 aromatic rings. The molecule has 4 rings (SSSR count). The zero-order chi connectivity index (χ0) is 27.6. The summed E-state index contributed by atoms with van der Waals surface area (Å²) in [6.45, 7) is 8.91. The minimum atomic E-state index is -1.08. The molecular formula is C27H34ClN3O7Pd. The second kappa shape index (κ2) is 16.8. The molecule has 0 N–H and O–H groups in total. The molecule has 1 fully saturated rings. The summed E-state index contributed by atoms with van der Waals surface area (Å²) in [5.74, 6) is -1.31. The fourth-order valence-corrected chi connectivity index (χ4v) is 3.49. The van der Waals surface area contributed by atoms with Gasteiger partial charge in [-0.15, -0.1) is 12.4 Å². The average Bonchev–Trinajstić information content (AvgIpc) is 3.26. The summed E-state index contributed by atoms with van der Waals surface area (Å²) in [6.07, 6.45) is 7.22. The number of aliphatic carboxylic acids is 2. The van der Waals surface area contributed by atoms with Gasteiger partial charge in [0.15, 0.2) is 0 Å². The monoisotopic (exact) mass is 653 g/mol. The Bertz CT molecular complexity index is 1170.